The van der Waals surface area contributed by atoms with Crippen LogP contribution in [0.25, 0.3) is 6.08 Å². The number of rotatable bonds is 12. The van der Waals surface area contributed by atoms with Crippen LogP contribution in [0.2, 0.25) is 0 Å². The van der Waals surface area contributed by atoms with Crippen LogP contribution in [0, 0.1) is 11.7 Å². The van der Waals surface area contributed by atoms with Gasteiger partial charge in [-0.05, 0) is 59.4 Å². The Morgan fingerprint density at radius 2 is 1.86 bits per heavy atom. The Kier molecular flexibility index (Phi) is 9.68. The smallest absolute Gasteiger partial charge is 0.296 e. The van der Waals surface area contributed by atoms with Crippen LogP contribution in [0.5, 0.6) is 5.75 Å². The minimum atomic E-state index is -0.947. The van der Waals surface area contributed by atoms with Crippen LogP contribution >= 0.6 is 23.1 Å². The maximum absolute atomic E-state index is 13.6. The summed E-state index contributed by atoms with van der Waals surface area (Å²) in [7, 11) is 0. The molecule has 0 aliphatic carbocycles. The Labute approximate surface area is 257 Å². The van der Waals surface area contributed by atoms with E-state index >= 15 is 0 Å². The number of ketones is 1. The van der Waals surface area contributed by atoms with E-state index in [4.69, 9.17) is 4.74 Å². The number of hydrogen-bond donors (Lipinski definition) is 1. The molecule has 4 aromatic rings. The SMILES string of the molecule is CC(C)CCOc1cccc(C2C(C(=O)C=Cc3ccccc3)=C(O)C(=O)N2c2nnc(SCc3ccc(F)cc3)s2)c1. The second-order valence-corrected chi connectivity index (χ2v) is 12.5. The number of carbonyl (C=O) groups excluding carboxylic acids is 2. The van der Waals surface area contributed by atoms with Crippen molar-refractivity contribution in [3.63, 3.8) is 0 Å². The van der Waals surface area contributed by atoms with Gasteiger partial charge >= 0.3 is 0 Å². The highest BCUT2D eigenvalue weighted by Gasteiger charge is 2.45. The summed E-state index contributed by atoms with van der Waals surface area (Å²) in [6.07, 6.45) is 3.88. The van der Waals surface area contributed by atoms with Gasteiger partial charge in [0, 0.05) is 5.75 Å². The van der Waals surface area contributed by atoms with Gasteiger partial charge in [0.25, 0.3) is 5.91 Å². The van der Waals surface area contributed by atoms with E-state index in [9.17, 15) is 19.1 Å². The number of ether oxygens (including phenoxy) is 1. The number of anilines is 1. The molecular formula is C33H30FN3O4S2. The molecule has 7 nitrogen and oxygen atoms in total. The van der Waals surface area contributed by atoms with Gasteiger partial charge in [-0.25, -0.2) is 4.39 Å². The van der Waals surface area contributed by atoms with Gasteiger partial charge in [0.1, 0.15) is 11.6 Å². The molecule has 0 saturated carbocycles. The van der Waals surface area contributed by atoms with Gasteiger partial charge in [-0.1, -0.05) is 97.6 Å². The molecular weight excluding hydrogens is 586 g/mol. The maximum atomic E-state index is 13.6. The number of hydrogen-bond acceptors (Lipinski definition) is 8. The molecule has 0 spiro atoms. The lowest BCUT2D eigenvalue weighted by atomic mass is 9.95. The van der Waals surface area contributed by atoms with Crippen molar-refractivity contribution in [2.75, 3.05) is 11.5 Å². The van der Waals surface area contributed by atoms with Gasteiger partial charge < -0.3 is 9.84 Å². The first-order chi connectivity index (χ1) is 20.8. The lowest BCUT2D eigenvalue weighted by Crippen LogP contribution is -2.30. The average Bonchev–Trinajstić information content (AvgIpc) is 3.58. The van der Waals surface area contributed by atoms with E-state index < -0.39 is 23.5 Å². The van der Waals surface area contributed by atoms with Gasteiger partial charge in [-0.15, -0.1) is 10.2 Å². The first kappa shape index (κ1) is 30.2. The van der Waals surface area contributed by atoms with E-state index in [1.54, 1.807) is 36.4 Å². The molecule has 5 rings (SSSR count). The maximum Gasteiger partial charge on any atom is 0.296 e. The number of aromatic nitrogens is 2. The summed E-state index contributed by atoms with van der Waals surface area (Å²) >= 11 is 2.57. The highest BCUT2D eigenvalue weighted by molar-refractivity contribution is 8.00. The molecule has 1 aliphatic heterocycles. The minimum absolute atomic E-state index is 0.0489. The third-order valence-electron chi connectivity index (χ3n) is 6.72. The van der Waals surface area contributed by atoms with Crippen LogP contribution in [-0.4, -0.2) is 33.6 Å². The van der Waals surface area contributed by atoms with E-state index in [1.165, 1.54) is 46.2 Å². The van der Waals surface area contributed by atoms with Crippen molar-refractivity contribution in [2.45, 2.75) is 36.4 Å². The molecule has 2 heterocycles. The van der Waals surface area contributed by atoms with Gasteiger partial charge in [0.05, 0.1) is 18.2 Å². The normalized spacial score (nSPS) is 15.2. The van der Waals surface area contributed by atoms with Crippen molar-refractivity contribution in [3.05, 3.63) is 119 Å². The lowest BCUT2D eigenvalue weighted by molar-refractivity contribution is -0.117. The highest BCUT2D eigenvalue weighted by atomic mass is 32.2. The van der Waals surface area contributed by atoms with E-state index in [-0.39, 0.29) is 16.5 Å². The zero-order valence-electron chi connectivity index (χ0n) is 23.6. The summed E-state index contributed by atoms with van der Waals surface area (Å²) in [6, 6.07) is 21.7. The molecule has 43 heavy (non-hydrogen) atoms. The Balaban J connectivity index is 1.46. The van der Waals surface area contributed by atoms with Crippen LogP contribution < -0.4 is 9.64 Å². The average molecular weight is 616 g/mol. The van der Waals surface area contributed by atoms with Crippen LogP contribution in [0.4, 0.5) is 9.52 Å². The number of thioether (sulfide) groups is 1. The summed E-state index contributed by atoms with van der Waals surface area (Å²) < 4.78 is 19.8. The first-order valence-electron chi connectivity index (χ1n) is 13.8. The summed E-state index contributed by atoms with van der Waals surface area (Å²) in [5.74, 6) is -0.580. The third kappa shape index (κ3) is 7.39. The van der Waals surface area contributed by atoms with Crippen molar-refractivity contribution in [1.29, 1.82) is 0 Å². The number of aliphatic hydroxyl groups excluding tert-OH is 1. The molecule has 1 atom stereocenters. The number of allylic oxidation sites excluding steroid dienone is 1. The number of carbonyl (C=O) groups is 2. The number of halogens is 1. The van der Waals surface area contributed by atoms with Crippen molar-refractivity contribution >= 4 is 46.0 Å². The van der Waals surface area contributed by atoms with Crippen molar-refractivity contribution in [3.8, 4) is 5.75 Å². The predicted octanol–water partition coefficient (Wildman–Crippen LogP) is 7.58. The second kappa shape index (κ2) is 13.8. The number of amides is 1. The van der Waals surface area contributed by atoms with Crippen LogP contribution in [0.1, 0.15) is 43.0 Å². The number of aliphatic hydroxyl groups is 1. The fourth-order valence-corrected chi connectivity index (χ4v) is 6.29. The minimum Gasteiger partial charge on any atom is -0.503 e. The molecule has 0 fully saturated rings. The number of nitrogens with zero attached hydrogens (tertiary/aromatic N) is 3. The molecule has 1 amide bonds. The molecule has 10 heteroatoms. The van der Waals surface area contributed by atoms with Crippen molar-refractivity contribution < 1.29 is 23.8 Å². The summed E-state index contributed by atoms with van der Waals surface area (Å²) in [4.78, 5) is 28.4. The summed E-state index contributed by atoms with van der Waals surface area (Å²) in [6.45, 7) is 4.75. The standard InChI is InChI=1S/C33H30FN3O4S2/c1-21(2)17-18-41-26-10-6-9-24(19-26)29-28(27(38)16-13-22-7-4-3-5-8-22)30(39)31(40)37(29)32-35-36-33(43-32)42-20-23-11-14-25(34)15-12-23/h3-16,19,21,29,39H,17-18,20H2,1-2H3. The molecule has 1 aromatic heterocycles. The van der Waals surface area contributed by atoms with E-state index in [1.807, 2.05) is 36.4 Å². The van der Waals surface area contributed by atoms with Gasteiger partial charge in [0.15, 0.2) is 15.9 Å². The molecule has 3 aromatic carbocycles. The summed E-state index contributed by atoms with van der Waals surface area (Å²) in [5, 5.41) is 19.8. The van der Waals surface area contributed by atoms with Gasteiger partial charge in [-0.2, -0.15) is 0 Å². The largest absolute Gasteiger partial charge is 0.503 e. The van der Waals surface area contributed by atoms with Gasteiger partial charge in [0.2, 0.25) is 5.13 Å². The summed E-state index contributed by atoms with van der Waals surface area (Å²) in [5.41, 5.74) is 2.25. The quantitative estimate of drug-likeness (QED) is 0.0998. The third-order valence-corrected chi connectivity index (χ3v) is 8.84. The van der Waals surface area contributed by atoms with E-state index in [0.29, 0.717) is 33.9 Å². The van der Waals surface area contributed by atoms with Crippen LogP contribution in [0.15, 0.2) is 101 Å². The topological polar surface area (TPSA) is 92.6 Å². The predicted molar refractivity (Wildman–Crippen MR) is 168 cm³/mol. The lowest BCUT2D eigenvalue weighted by Gasteiger charge is -2.24. The molecule has 0 bridgehead atoms. The Bertz CT molecular complexity index is 1650. The monoisotopic (exact) mass is 615 g/mol. The van der Waals surface area contributed by atoms with E-state index in [2.05, 4.69) is 24.0 Å². The zero-order valence-corrected chi connectivity index (χ0v) is 25.3. The molecule has 1 unspecified atom stereocenters. The first-order valence-corrected chi connectivity index (χ1v) is 15.6. The van der Waals surface area contributed by atoms with Gasteiger partial charge in [-0.3, -0.25) is 14.5 Å². The molecule has 0 radical (unpaired) electrons. The highest BCUT2D eigenvalue weighted by Crippen LogP contribution is 2.44. The number of benzene rings is 3. The Hall–Kier alpha value is -4.28. The molecule has 1 N–H and O–H groups in total. The fourth-order valence-electron chi connectivity index (χ4n) is 4.47. The Morgan fingerprint density at radius 3 is 2.60 bits per heavy atom. The van der Waals surface area contributed by atoms with Crippen molar-refractivity contribution in [1.82, 2.24) is 10.2 Å². The van der Waals surface area contributed by atoms with Crippen molar-refractivity contribution in [2.24, 2.45) is 5.92 Å². The molecule has 220 valence electrons. The van der Waals surface area contributed by atoms with E-state index in [0.717, 1.165) is 17.5 Å². The zero-order chi connectivity index (χ0) is 30.3. The second-order valence-electron chi connectivity index (χ2n) is 10.3. The van der Waals surface area contributed by atoms with Crippen LogP contribution in [0.3, 0.4) is 0 Å². The Morgan fingerprint density at radius 1 is 1.09 bits per heavy atom. The van der Waals surface area contributed by atoms with Crippen LogP contribution in [-0.2, 0) is 15.3 Å². The molecule has 1 aliphatic rings. The molecule has 0 saturated heterocycles. The fraction of sp³-hybridized carbons (Fsp3) is 0.212.